The summed E-state index contributed by atoms with van der Waals surface area (Å²) in [7, 11) is 0. The van der Waals surface area contributed by atoms with Crippen LogP contribution in [0.4, 0.5) is 0 Å². The van der Waals surface area contributed by atoms with Crippen LogP contribution in [0.5, 0.6) is 5.75 Å². The second-order valence-electron chi connectivity index (χ2n) is 6.79. The molecule has 4 heteroatoms. The molecule has 0 unspecified atom stereocenters. The Morgan fingerprint density at radius 3 is 2.38 bits per heavy atom. The van der Waals surface area contributed by atoms with Crippen molar-refractivity contribution in [2.75, 3.05) is 19.7 Å². The molecule has 1 fully saturated rings. The summed E-state index contributed by atoms with van der Waals surface area (Å²) in [5, 5.41) is 0. The largest absolute Gasteiger partial charge is 0.488 e. The number of ketones is 1. The number of hydrogen-bond donors (Lipinski definition) is 0. The average Bonchev–Trinajstić information content (AvgIpc) is 2.73. The molecule has 0 bridgehead atoms. The van der Waals surface area contributed by atoms with Crippen molar-refractivity contribution in [2.45, 2.75) is 12.8 Å². The van der Waals surface area contributed by atoms with Gasteiger partial charge in [-0.2, -0.15) is 0 Å². The Morgan fingerprint density at radius 1 is 0.923 bits per heavy atom. The highest BCUT2D eigenvalue weighted by Crippen LogP contribution is 2.28. The fourth-order valence-electron chi connectivity index (χ4n) is 3.63. The molecule has 0 aromatic heterocycles. The van der Waals surface area contributed by atoms with Crippen molar-refractivity contribution < 1.29 is 14.3 Å². The van der Waals surface area contributed by atoms with Crippen LogP contribution in [0.1, 0.15) is 28.8 Å². The zero-order valence-corrected chi connectivity index (χ0v) is 14.6. The van der Waals surface area contributed by atoms with Crippen LogP contribution in [0.2, 0.25) is 0 Å². The lowest BCUT2D eigenvalue weighted by molar-refractivity contribution is -0.128. The first-order valence-corrected chi connectivity index (χ1v) is 9.03. The predicted molar refractivity (Wildman–Crippen MR) is 100.0 cm³/mol. The van der Waals surface area contributed by atoms with Crippen molar-refractivity contribution in [3.05, 3.63) is 71.3 Å². The maximum absolute atomic E-state index is 12.8. The minimum atomic E-state index is -0.00115. The zero-order chi connectivity index (χ0) is 17.9. The summed E-state index contributed by atoms with van der Waals surface area (Å²) in [6.07, 6.45) is 3.34. The molecule has 132 valence electrons. The van der Waals surface area contributed by atoms with E-state index >= 15 is 0 Å². The summed E-state index contributed by atoms with van der Waals surface area (Å²) in [4.78, 5) is 27.2. The first kappa shape index (κ1) is 16.6. The van der Waals surface area contributed by atoms with Crippen molar-refractivity contribution in [3.8, 4) is 5.75 Å². The Bertz CT molecular complexity index is 849. The number of carbonyl (C=O) groups excluding carboxylic acids is 2. The van der Waals surface area contributed by atoms with E-state index < -0.39 is 0 Å². The predicted octanol–water partition coefficient (Wildman–Crippen LogP) is 3.58. The summed E-state index contributed by atoms with van der Waals surface area (Å²) in [6.45, 7) is 1.53. The van der Waals surface area contributed by atoms with E-state index in [4.69, 9.17) is 4.74 Å². The summed E-state index contributed by atoms with van der Waals surface area (Å²) in [5.41, 5.74) is 2.38. The normalized spacial score (nSPS) is 17.1. The molecule has 2 aromatic carbocycles. The lowest BCUT2D eigenvalue weighted by Crippen LogP contribution is -2.41. The quantitative estimate of drug-likeness (QED) is 0.797. The highest BCUT2D eigenvalue weighted by molar-refractivity contribution is 6.00. The second kappa shape index (κ2) is 7.16. The van der Waals surface area contributed by atoms with Crippen LogP contribution in [0.3, 0.4) is 0 Å². The lowest BCUT2D eigenvalue weighted by atomic mass is 9.88. The van der Waals surface area contributed by atoms with Gasteiger partial charge in [0, 0.05) is 30.1 Å². The van der Waals surface area contributed by atoms with Crippen LogP contribution in [0, 0.1) is 5.92 Å². The molecule has 4 rings (SSSR count). The molecule has 0 atom stereocenters. The van der Waals surface area contributed by atoms with Crippen molar-refractivity contribution in [1.29, 1.82) is 0 Å². The maximum Gasteiger partial charge on any atom is 0.253 e. The molecular formula is C22H21NO3. The van der Waals surface area contributed by atoms with E-state index in [1.54, 1.807) is 0 Å². The molecule has 0 saturated carbocycles. The van der Waals surface area contributed by atoms with Gasteiger partial charge >= 0.3 is 0 Å². The molecule has 26 heavy (non-hydrogen) atoms. The van der Waals surface area contributed by atoms with E-state index in [1.165, 1.54) is 0 Å². The van der Waals surface area contributed by atoms with Gasteiger partial charge in [0.1, 0.15) is 12.4 Å². The number of nitrogens with zero attached hydrogens (tertiary/aromatic N) is 1. The molecule has 4 nitrogen and oxygen atoms in total. The van der Waals surface area contributed by atoms with Gasteiger partial charge in [0.25, 0.3) is 5.91 Å². The topological polar surface area (TPSA) is 46.6 Å². The van der Waals surface area contributed by atoms with Crippen LogP contribution in [-0.2, 0) is 4.79 Å². The first-order valence-electron chi connectivity index (χ1n) is 9.03. The zero-order valence-electron chi connectivity index (χ0n) is 14.6. The lowest BCUT2D eigenvalue weighted by Gasteiger charge is -2.32. The number of fused-ring (bicyclic) bond motifs is 1. The third-order valence-electron chi connectivity index (χ3n) is 5.12. The van der Waals surface area contributed by atoms with Gasteiger partial charge in [-0.15, -0.1) is 0 Å². The van der Waals surface area contributed by atoms with Gasteiger partial charge in [-0.1, -0.05) is 48.5 Å². The minimum absolute atomic E-state index is 0.00115. The van der Waals surface area contributed by atoms with Gasteiger partial charge in [-0.05, 0) is 25.0 Å². The third-order valence-corrected chi connectivity index (χ3v) is 5.12. The summed E-state index contributed by atoms with van der Waals surface area (Å²) in [6, 6.07) is 17.1. The molecule has 2 aromatic rings. The summed E-state index contributed by atoms with van der Waals surface area (Å²) in [5.74, 6) is 1.02. The number of rotatable bonds is 3. The van der Waals surface area contributed by atoms with Crippen LogP contribution >= 0.6 is 0 Å². The smallest absolute Gasteiger partial charge is 0.253 e. The molecule has 1 saturated heterocycles. The molecular weight excluding hydrogens is 326 g/mol. The number of benzene rings is 2. The fourth-order valence-corrected chi connectivity index (χ4v) is 3.63. The van der Waals surface area contributed by atoms with Crippen LogP contribution in [0.25, 0.3) is 6.08 Å². The highest BCUT2D eigenvalue weighted by atomic mass is 16.5. The number of ether oxygens (including phenoxy) is 1. The Balaban J connectivity index is 1.40. The monoisotopic (exact) mass is 347 g/mol. The number of para-hydroxylation sites is 1. The van der Waals surface area contributed by atoms with E-state index in [0.717, 1.165) is 16.9 Å². The van der Waals surface area contributed by atoms with Gasteiger partial charge in [0.2, 0.25) is 0 Å². The highest BCUT2D eigenvalue weighted by Gasteiger charge is 2.30. The minimum Gasteiger partial charge on any atom is -0.488 e. The molecule has 2 aliphatic rings. The Morgan fingerprint density at radius 2 is 1.62 bits per heavy atom. The van der Waals surface area contributed by atoms with Crippen molar-refractivity contribution in [3.63, 3.8) is 0 Å². The molecule has 1 amide bonds. The summed E-state index contributed by atoms with van der Waals surface area (Å²) >= 11 is 0. The van der Waals surface area contributed by atoms with Crippen LogP contribution in [-0.4, -0.2) is 36.3 Å². The molecule has 2 aliphatic heterocycles. The Labute approximate surface area is 153 Å². The van der Waals surface area contributed by atoms with Crippen molar-refractivity contribution in [2.24, 2.45) is 5.92 Å². The van der Waals surface area contributed by atoms with Crippen molar-refractivity contribution >= 4 is 17.8 Å². The maximum atomic E-state index is 12.8. The van der Waals surface area contributed by atoms with Gasteiger partial charge in [0.05, 0.1) is 5.57 Å². The van der Waals surface area contributed by atoms with Gasteiger partial charge in [-0.25, -0.2) is 0 Å². The van der Waals surface area contributed by atoms with Gasteiger partial charge in [0.15, 0.2) is 5.78 Å². The van der Waals surface area contributed by atoms with E-state index in [0.29, 0.717) is 38.1 Å². The molecule has 0 spiro atoms. The van der Waals surface area contributed by atoms with Crippen LogP contribution in [0.15, 0.2) is 60.2 Å². The van der Waals surface area contributed by atoms with Gasteiger partial charge in [-0.3, -0.25) is 9.59 Å². The second-order valence-corrected chi connectivity index (χ2v) is 6.79. The van der Waals surface area contributed by atoms with E-state index in [-0.39, 0.29) is 17.6 Å². The molecule has 0 N–H and O–H groups in total. The number of piperidine rings is 1. The number of hydrogen-bond acceptors (Lipinski definition) is 3. The van der Waals surface area contributed by atoms with Crippen molar-refractivity contribution in [1.82, 2.24) is 4.90 Å². The standard InChI is InChI=1S/C22H21NO3/c24-21(16-6-2-1-3-7-16)17-10-12-23(13-11-17)22(25)19-14-18-8-4-5-9-20(18)26-15-19/h1-9,14,17H,10-13,15H2. The van der Waals surface area contributed by atoms with E-state index in [9.17, 15) is 9.59 Å². The van der Waals surface area contributed by atoms with E-state index in [2.05, 4.69) is 0 Å². The third kappa shape index (κ3) is 3.27. The molecule has 0 aliphatic carbocycles. The van der Waals surface area contributed by atoms with E-state index in [1.807, 2.05) is 65.6 Å². The Kier molecular flexibility index (Phi) is 4.57. The molecule has 2 heterocycles. The number of carbonyl (C=O) groups is 2. The average molecular weight is 347 g/mol. The van der Waals surface area contributed by atoms with Crippen LogP contribution < -0.4 is 4.74 Å². The number of likely N-dealkylation sites (tertiary alicyclic amines) is 1. The first-order chi connectivity index (χ1) is 12.7. The SMILES string of the molecule is O=C(c1ccccc1)C1CCN(C(=O)C2=Cc3ccccc3OC2)CC1. The number of amides is 1. The summed E-state index contributed by atoms with van der Waals surface area (Å²) < 4.78 is 5.70. The molecule has 0 radical (unpaired) electrons. The fraction of sp³-hybridized carbons (Fsp3) is 0.273. The Hall–Kier alpha value is -2.88. The van der Waals surface area contributed by atoms with Gasteiger partial charge < -0.3 is 9.64 Å². The number of Topliss-reactive ketones (excluding diaryl/α,β-unsaturated/α-hetero) is 1.